The van der Waals surface area contributed by atoms with Crippen molar-refractivity contribution in [1.82, 2.24) is 15.0 Å². The van der Waals surface area contributed by atoms with Crippen molar-refractivity contribution in [1.29, 1.82) is 0 Å². The minimum atomic E-state index is 0.620. The van der Waals surface area contributed by atoms with E-state index >= 15 is 0 Å². The van der Waals surface area contributed by atoms with Crippen molar-refractivity contribution in [3.05, 3.63) is 176 Å². The fourth-order valence-electron chi connectivity index (χ4n) is 7.22. The zero-order valence-corrected chi connectivity index (χ0v) is 27.5. The van der Waals surface area contributed by atoms with Crippen LogP contribution < -0.4 is 0 Å². The van der Waals surface area contributed by atoms with Crippen LogP contribution in [0, 0.1) is 0 Å². The van der Waals surface area contributed by atoms with Gasteiger partial charge >= 0.3 is 0 Å². The van der Waals surface area contributed by atoms with Gasteiger partial charge in [0.05, 0.1) is 0 Å². The lowest BCUT2D eigenvalue weighted by molar-refractivity contribution is 0.670. The van der Waals surface area contributed by atoms with Gasteiger partial charge in [-0.15, -0.1) is 0 Å². The Labute approximate surface area is 294 Å². The third-order valence-electron chi connectivity index (χ3n) is 9.75. The molecule has 2 aromatic heterocycles. The van der Waals surface area contributed by atoms with E-state index in [-0.39, 0.29) is 0 Å². The van der Waals surface area contributed by atoms with E-state index in [9.17, 15) is 0 Å². The first-order valence-corrected chi connectivity index (χ1v) is 17.1. The third kappa shape index (κ3) is 5.04. The molecule has 0 amide bonds. The Morgan fingerprint density at radius 3 is 1.69 bits per heavy atom. The molecule has 0 atom stereocenters. The molecule has 0 spiro atoms. The Morgan fingerprint density at radius 1 is 0.314 bits per heavy atom. The maximum absolute atomic E-state index is 6.34. The Morgan fingerprint density at radius 2 is 0.882 bits per heavy atom. The van der Waals surface area contributed by atoms with Crippen LogP contribution in [0.5, 0.6) is 0 Å². The average Bonchev–Trinajstić information content (AvgIpc) is 3.59. The summed E-state index contributed by atoms with van der Waals surface area (Å²) in [6.07, 6.45) is 0. The second-order valence-electron chi connectivity index (χ2n) is 12.8. The minimum absolute atomic E-state index is 0.620. The van der Waals surface area contributed by atoms with E-state index in [0.29, 0.717) is 17.5 Å². The highest BCUT2D eigenvalue weighted by molar-refractivity contribution is 6.09. The zero-order valence-electron chi connectivity index (χ0n) is 27.5. The molecule has 2 heterocycles. The molecule has 0 saturated heterocycles. The van der Waals surface area contributed by atoms with Crippen molar-refractivity contribution >= 4 is 43.5 Å². The monoisotopic (exact) mass is 651 g/mol. The minimum Gasteiger partial charge on any atom is -0.455 e. The first-order valence-electron chi connectivity index (χ1n) is 17.1. The summed E-state index contributed by atoms with van der Waals surface area (Å²) < 4.78 is 6.34. The molecule has 0 aliphatic rings. The van der Waals surface area contributed by atoms with Gasteiger partial charge in [0.1, 0.15) is 11.2 Å². The lowest BCUT2D eigenvalue weighted by Crippen LogP contribution is -2.00. The first kappa shape index (κ1) is 29.0. The number of rotatable bonds is 5. The van der Waals surface area contributed by atoms with Crippen molar-refractivity contribution in [3.8, 4) is 56.4 Å². The number of aromatic nitrogens is 3. The molecule has 0 aliphatic carbocycles. The van der Waals surface area contributed by atoms with Crippen LogP contribution in [-0.4, -0.2) is 15.0 Å². The summed E-state index contributed by atoms with van der Waals surface area (Å²) in [5.41, 5.74) is 9.06. The molecule has 8 aromatic carbocycles. The van der Waals surface area contributed by atoms with Gasteiger partial charge in [-0.3, -0.25) is 0 Å². The molecular weight excluding hydrogens is 623 g/mol. The number of hydrogen-bond acceptors (Lipinski definition) is 4. The molecule has 0 radical (unpaired) electrons. The molecule has 51 heavy (non-hydrogen) atoms. The third-order valence-corrected chi connectivity index (χ3v) is 9.75. The number of hydrogen-bond donors (Lipinski definition) is 0. The summed E-state index contributed by atoms with van der Waals surface area (Å²) in [5, 5.41) is 6.92. The van der Waals surface area contributed by atoms with Crippen molar-refractivity contribution in [2.24, 2.45) is 0 Å². The van der Waals surface area contributed by atoms with Crippen molar-refractivity contribution < 1.29 is 4.42 Å². The standard InChI is InChI=1S/C47H29N3O/c1-2-12-32(13-3-1)45-48-46(33-24-22-31(23-25-33)37-18-10-19-41-40-17-8-9-20-43(40)51-44(37)41)50-47(49-45)42-28-27-36(38-15-6-7-16-39(38)42)35-26-21-30-11-4-5-14-34(30)29-35/h1-29H. The van der Waals surface area contributed by atoms with Gasteiger partial charge in [-0.2, -0.15) is 0 Å². The van der Waals surface area contributed by atoms with Gasteiger partial charge in [-0.1, -0.05) is 158 Å². The van der Waals surface area contributed by atoms with Gasteiger partial charge in [0, 0.05) is 33.0 Å². The van der Waals surface area contributed by atoms with E-state index in [4.69, 9.17) is 19.4 Å². The molecule has 0 N–H and O–H groups in total. The molecule has 0 unspecified atom stereocenters. The van der Waals surface area contributed by atoms with E-state index in [1.165, 1.54) is 21.9 Å². The maximum Gasteiger partial charge on any atom is 0.164 e. The van der Waals surface area contributed by atoms with Crippen LogP contribution in [0.4, 0.5) is 0 Å². The van der Waals surface area contributed by atoms with Gasteiger partial charge in [0.15, 0.2) is 17.5 Å². The molecule has 0 saturated carbocycles. The number of benzene rings is 8. The van der Waals surface area contributed by atoms with Crippen molar-refractivity contribution in [3.63, 3.8) is 0 Å². The molecule has 4 nitrogen and oxygen atoms in total. The second-order valence-corrected chi connectivity index (χ2v) is 12.8. The Kier molecular flexibility index (Phi) is 6.78. The lowest BCUT2D eigenvalue weighted by Gasteiger charge is -2.13. The first-order chi connectivity index (χ1) is 25.3. The van der Waals surface area contributed by atoms with E-state index in [2.05, 4.69) is 127 Å². The molecule has 0 aliphatic heterocycles. The topological polar surface area (TPSA) is 51.8 Å². The summed E-state index contributed by atoms with van der Waals surface area (Å²) in [6.45, 7) is 0. The van der Waals surface area contributed by atoms with E-state index in [1.807, 2.05) is 48.5 Å². The summed E-state index contributed by atoms with van der Waals surface area (Å²) in [6, 6.07) is 61.1. The summed E-state index contributed by atoms with van der Waals surface area (Å²) in [7, 11) is 0. The van der Waals surface area contributed by atoms with E-state index in [1.54, 1.807) is 0 Å². The smallest absolute Gasteiger partial charge is 0.164 e. The fraction of sp³-hybridized carbons (Fsp3) is 0. The van der Waals surface area contributed by atoms with Crippen LogP contribution in [0.15, 0.2) is 180 Å². The average molecular weight is 652 g/mol. The SMILES string of the molecule is c1ccc(-c2nc(-c3ccc(-c4cccc5c4oc4ccccc45)cc3)nc(-c3ccc(-c4ccc5ccccc5c4)c4ccccc34)n2)cc1. The maximum atomic E-state index is 6.34. The molecular formula is C47H29N3O. The largest absolute Gasteiger partial charge is 0.455 e. The predicted octanol–water partition coefficient (Wildman–Crippen LogP) is 12.4. The van der Waals surface area contributed by atoms with Gasteiger partial charge in [-0.25, -0.2) is 15.0 Å². The molecule has 238 valence electrons. The molecule has 0 fully saturated rings. The van der Waals surface area contributed by atoms with Gasteiger partial charge in [-0.05, 0) is 56.4 Å². The van der Waals surface area contributed by atoms with Crippen molar-refractivity contribution in [2.75, 3.05) is 0 Å². The van der Waals surface area contributed by atoms with E-state index in [0.717, 1.165) is 60.5 Å². The number of furan rings is 1. The van der Waals surface area contributed by atoms with Gasteiger partial charge < -0.3 is 4.42 Å². The van der Waals surface area contributed by atoms with Crippen LogP contribution in [0.25, 0.3) is 99.9 Å². The zero-order chi connectivity index (χ0) is 33.7. The fourth-order valence-corrected chi connectivity index (χ4v) is 7.22. The highest BCUT2D eigenvalue weighted by Crippen LogP contribution is 2.38. The van der Waals surface area contributed by atoms with Gasteiger partial charge in [0.25, 0.3) is 0 Å². The second kappa shape index (κ2) is 11.9. The number of para-hydroxylation sites is 2. The van der Waals surface area contributed by atoms with Crippen LogP contribution in [0.2, 0.25) is 0 Å². The summed E-state index contributed by atoms with van der Waals surface area (Å²) in [5.74, 6) is 1.89. The summed E-state index contributed by atoms with van der Waals surface area (Å²) >= 11 is 0. The Balaban J connectivity index is 1.10. The normalized spacial score (nSPS) is 11.5. The number of nitrogens with zero attached hydrogens (tertiary/aromatic N) is 3. The predicted molar refractivity (Wildman–Crippen MR) is 209 cm³/mol. The van der Waals surface area contributed by atoms with E-state index < -0.39 is 0 Å². The molecule has 4 heteroatoms. The summed E-state index contributed by atoms with van der Waals surface area (Å²) in [4.78, 5) is 15.2. The highest BCUT2D eigenvalue weighted by atomic mass is 16.3. The van der Waals surface area contributed by atoms with Crippen molar-refractivity contribution in [2.45, 2.75) is 0 Å². The Hall–Kier alpha value is -6.91. The van der Waals surface area contributed by atoms with Crippen LogP contribution in [0.1, 0.15) is 0 Å². The quantitative estimate of drug-likeness (QED) is 0.186. The lowest BCUT2D eigenvalue weighted by atomic mass is 9.93. The van der Waals surface area contributed by atoms with Crippen LogP contribution in [0.3, 0.4) is 0 Å². The van der Waals surface area contributed by atoms with Crippen LogP contribution in [-0.2, 0) is 0 Å². The molecule has 0 bridgehead atoms. The molecule has 10 aromatic rings. The highest BCUT2D eigenvalue weighted by Gasteiger charge is 2.17. The van der Waals surface area contributed by atoms with Crippen LogP contribution >= 0.6 is 0 Å². The number of fused-ring (bicyclic) bond motifs is 5. The Bertz CT molecular complexity index is 2910. The van der Waals surface area contributed by atoms with Gasteiger partial charge in [0.2, 0.25) is 0 Å². The molecule has 10 rings (SSSR count).